The average Bonchev–Trinajstić information content (AvgIpc) is 2.80. The van der Waals surface area contributed by atoms with Gasteiger partial charge < -0.3 is 10.5 Å². The van der Waals surface area contributed by atoms with Gasteiger partial charge in [-0.05, 0) is 24.5 Å². The molecule has 94 valence electrons. The van der Waals surface area contributed by atoms with E-state index in [4.69, 9.17) is 10.5 Å². The van der Waals surface area contributed by atoms with Gasteiger partial charge in [-0.3, -0.25) is 0 Å². The molecule has 0 spiro atoms. The number of sulfonamides is 1. The van der Waals surface area contributed by atoms with Gasteiger partial charge in [0.1, 0.15) is 10.7 Å². The molecule has 1 unspecified atom stereocenters. The van der Waals surface area contributed by atoms with E-state index in [0.717, 1.165) is 6.42 Å². The average molecular weight is 257 g/mol. The topological polar surface area (TPSA) is 94.3 Å². The van der Waals surface area contributed by atoms with Crippen LogP contribution in [0.2, 0.25) is 0 Å². The van der Waals surface area contributed by atoms with Gasteiger partial charge in [0.25, 0.3) is 0 Å². The van der Waals surface area contributed by atoms with E-state index < -0.39 is 10.0 Å². The molecule has 1 aromatic heterocycles. The highest BCUT2D eigenvalue weighted by atomic mass is 32.2. The zero-order chi connectivity index (χ0) is 12.3. The fourth-order valence-electron chi connectivity index (χ4n) is 1.61. The van der Waals surface area contributed by atoms with Gasteiger partial charge in [-0.25, -0.2) is 18.1 Å². The lowest BCUT2D eigenvalue weighted by Gasteiger charge is -2.10. The normalized spacial score (nSPS) is 20.6. The third-order valence-corrected chi connectivity index (χ3v) is 4.06. The van der Waals surface area contributed by atoms with Crippen molar-refractivity contribution >= 4 is 15.8 Å². The third-order valence-electron chi connectivity index (χ3n) is 2.66. The molecule has 0 amide bonds. The first-order chi connectivity index (χ1) is 8.08. The van der Waals surface area contributed by atoms with Crippen LogP contribution >= 0.6 is 0 Å². The van der Waals surface area contributed by atoms with Gasteiger partial charge in [0.15, 0.2) is 0 Å². The van der Waals surface area contributed by atoms with Gasteiger partial charge in [0.05, 0.1) is 6.61 Å². The molecular formula is C10H15N3O3S. The SMILES string of the molecule is Nc1ccc(S(=O)(=O)NCC2CCOC2)cn1. The van der Waals surface area contributed by atoms with Gasteiger partial charge >= 0.3 is 0 Å². The van der Waals surface area contributed by atoms with Crippen LogP contribution < -0.4 is 10.5 Å². The number of hydrogen-bond donors (Lipinski definition) is 2. The van der Waals surface area contributed by atoms with Crippen molar-refractivity contribution < 1.29 is 13.2 Å². The molecule has 0 aromatic carbocycles. The molecule has 17 heavy (non-hydrogen) atoms. The number of nitrogens with zero attached hydrogens (tertiary/aromatic N) is 1. The number of anilines is 1. The van der Waals surface area contributed by atoms with Crippen LogP contribution in [-0.2, 0) is 14.8 Å². The maximum atomic E-state index is 11.9. The second kappa shape index (κ2) is 4.99. The highest BCUT2D eigenvalue weighted by Crippen LogP contribution is 2.13. The lowest BCUT2D eigenvalue weighted by Crippen LogP contribution is -2.29. The summed E-state index contributed by atoms with van der Waals surface area (Å²) in [6.45, 7) is 1.71. The monoisotopic (exact) mass is 257 g/mol. The molecule has 2 rings (SSSR count). The van der Waals surface area contributed by atoms with E-state index in [1.807, 2.05) is 0 Å². The summed E-state index contributed by atoms with van der Waals surface area (Å²) in [5, 5.41) is 0. The van der Waals surface area contributed by atoms with Gasteiger partial charge in [0.2, 0.25) is 10.0 Å². The Hall–Kier alpha value is -1.18. The zero-order valence-corrected chi connectivity index (χ0v) is 10.1. The number of nitrogen functional groups attached to an aromatic ring is 1. The Labute approximate surface area is 100 Å². The van der Waals surface area contributed by atoms with Crippen molar-refractivity contribution in [2.24, 2.45) is 5.92 Å². The lowest BCUT2D eigenvalue weighted by atomic mass is 10.1. The second-order valence-electron chi connectivity index (χ2n) is 4.00. The second-order valence-corrected chi connectivity index (χ2v) is 5.77. The fraction of sp³-hybridized carbons (Fsp3) is 0.500. The summed E-state index contributed by atoms with van der Waals surface area (Å²) in [7, 11) is -3.49. The predicted octanol–water partition coefficient (Wildman–Crippen LogP) is -0.0214. The van der Waals surface area contributed by atoms with Crippen LogP contribution in [0.1, 0.15) is 6.42 Å². The Bertz CT molecular complexity index is 466. The summed E-state index contributed by atoms with van der Waals surface area (Å²) in [5.74, 6) is 0.555. The predicted molar refractivity (Wildman–Crippen MR) is 62.8 cm³/mol. The van der Waals surface area contributed by atoms with Crippen LogP contribution in [0.5, 0.6) is 0 Å². The maximum absolute atomic E-state index is 11.9. The number of aromatic nitrogens is 1. The first kappa shape index (κ1) is 12.3. The number of rotatable bonds is 4. The molecule has 1 atom stereocenters. The van der Waals surface area contributed by atoms with Crippen molar-refractivity contribution in [2.45, 2.75) is 11.3 Å². The number of pyridine rings is 1. The molecule has 1 fully saturated rings. The fourth-order valence-corrected chi connectivity index (χ4v) is 2.67. The van der Waals surface area contributed by atoms with E-state index in [1.54, 1.807) is 0 Å². The minimum absolute atomic E-state index is 0.130. The Morgan fingerprint density at radius 2 is 2.35 bits per heavy atom. The van der Waals surface area contributed by atoms with E-state index in [9.17, 15) is 8.42 Å². The molecule has 6 nitrogen and oxygen atoms in total. The standard InChI is InChI=1S/C10H15N3O3S/c11-10-2-1-9(6-12-10)17(14,15)13-5-8-3-4-16-7-8/h1-2,6,8,13H,3-5,7H2,(H2,11,12). The number of nitrogens with two attached hydrogens (primary N) is 1. The number of nitrogens with one attached hydrogen (secondary N) is 1. The van der Waals surface area contributed by atoms with Crippen molar-refractivity contribution in [3.8, 4) is 0 Å². The number of hydrogen-bond acceptors (Lipinski definition) is 5. The van der Waals surface area contributed by atoms with Crippen LogP contribution in [0.4, 0.5) is 5.82 Å². The van der Waals surface area contributed by atoms with Crippen molar-refractivity contribution in [2.75, 3.05) is 25.5 Å². The first-order valence-electron chi connectivity index (χ1n) is 5.37. The molecular weight excluding hydrogens is 242 g/mol. The van der Waals surface area contributed by atoms with Crippen LogP contribution in [0.25, 0.3) is 0 Å². The van der Waals surface area contributed by atoms with Gasteiger partial charge in [-0.1, -0.05) is 0 Å². The van der Waals surface area contributed by atoms with Crippen LogP contribution in [0, 0.1) is 5.92 Å². The molecule has 7 heteroatoms. The molecule has 1 aliphatic rings. The molecule has 1 aliphatic heterocycles. The van der Waals surface area contributed by atoms with Gasteiger partial charge in [0, 0.05) is 19.3 Å². The van der Waals surface area contributed by atoms with Crippen LogP contribution in [-0.4, -0.2) is 33.2 Å². The molecule has 0 radical (unpaired) electrons. The third kappa shape index (κ3) is 3.15. The van der Waals surface area contributed by atoms with E-state index >= 15 is 0 Å². The van der Waals surface area contributed by atoms with Crippen molar-refractivity contribution in [1.82, 2.24) is 9.71 Å². The first-order valence-corrected chi connectivity index (χ1v) is 6.85. The van der Waals surface area contributed by atoms with Crippen molar-refractivity contribution in [3.63, 3.8) is 0 Å². The zero-order valence-electron chi connectivity index (χ0n) is 9.30. The summed E-state index contributed by atoms with van der Waals surface area (Å²) in [6.07, 6.45) is 2.14. The largest absolute Gasteiger partial charge is 0.384 e. The minimum Gasteiger partial charge on any atom is -0.384 e. The summed E-state index contributed by atoms with van der Waals surface area (Å²) >= 11 is 0. The summed E-state index contributed by atoms with van der Waals surface area (Å²) in [5.41, 5.74) is 5.40. The Morgan fingerprint density at radius 1 is 1.53 bits per heavy atom. The maximum Gasteiger partial charge on any atom is 0.242 e. The Kier molecular flexibility index (Phi) is 3.60. The van der Waals surface area contributed by atoms with E-state index in [1.165, 1.54) is 18.3 Å². The van der Waals surface area contributed by atoms with Crippen LogP contribution in [0.3, 0.4) is 0 Å². The molecule has 0 bridgehead atoms. The highest BCUT2D eigenvalue weighted by molar-refractivity contribution is 7.89. The van der Waals surface area contributed by atoms with E-state index in [0.29, 0.717) is 25.6 Å². The summed E-state index contributed by atoms with van der Waals surface area (Å²) in [4.78, 5) is 3.89. The lowest BCUT2D eigenvalue weighted by molar-refractivity contribution is 0.186. The Morgan fingerprint density at radius 3 is 2.94 bits per heavy atom. The van der Waals surface area contributed by atoms with Gasteiger partial charge in [-0.2, -0.15) is 0 Å². The highest BCUT2D eigenvalue weighted by Gasteiger charge is 2.20. The van der Waals surface area contributed by atoms with Crippen molar-refractivity contribution in [3.05, 3.63) is 18.3 Å². The van der Waals surface area contributed by atoms with E-state index in [-0.39, 0.29) is 10.8 Å². The van der Waals surface area contributed by atoms with Crippen molar-refractivity contribution in [1.29, 1.82) is 0 Å². The smallest absolute Gasteiger partial charge is 0.242 e. The Balaban J connectivity index is 2.00. The molecule has 2 heterocycles. The molecule has 1 aromatic rings. The quantitative estimate of drug-likeness (QED) is 0.790. The van der Waals surface area contributed by atoms with Gasteiger partial charge in [-0.15, -0.1) is 0 Å². The summed E-state index contributed by atoms with van der Waals surface area (Å²) < 4.78 is 31.5. The molecule has 0 saturated carbocycles. The number of ether oxygens (including phenoxy) is 1. The molecule has 3 N–H and O–H groups in total. The summed E-state index contributed by atoms with van der Waals surface area (Å²) in [6, 6.07) is 2.91. The molecule has 1 saturated heterocycles. The van der Waals surface area contributed by atoms with E-state index in [2.05, 4.69) is 9.71 Å². The van der Waals surface area contributed by atoms with Crippen LogP contribution in [0.15, 0.2) is 23.2 Å². The molecule has 0 aliphatic carbocycles. The minimum atomic E-state index is -3.49.